The number of nitrogens with zero attached hydrogens (tertiary/aromatic N) is 4. The highest BCUT2D eigenvalue weighted by atomic mass is 79.9. The van der Waals surface area contributed by atoms with Crippen LogP contribution in [0.15, 0.2) is 46.0 Å². The topological polar surface area (TPSA) is 79.6 Å². The largest absolute Gasteiger partial charge is 0.450 e. The van der Waals surface area contributed by atoms with Crippen LogP contribution < -0.4 is 5.32 Å². The number of benzene rings is 1. The number of hydroxylamine groups is 3. The van der Waals surface area contributed by atoms with Crippen molar-refractivity contribution >= 4 is 27.9 Å². The Morgan fingerprint density at radius 2 is 2.00 bits per heavy atom. The molecule has 1 atom stereocenters. The zero-order chi connectivity index (χ0) is 18.5. The van der Waals surface area contributed by atoms with Crippen LogP contribution in [-0.4, -0.2) is 57.6 Å². The lowest BCUT2D eigenvalue weighted by Crippen LogP contribution is -2.69. The van der Waals surface area contributed by atoms with Gasteiger partial charge in [-0.2, -0.15) is 4.65 Å². The van der Waals surface area contributed by atoms with E-state index in [-0.39, 0.29) is 4.65 Å². The van der Waals surface area contributed by atoms with Crippen molar-refractivity contribution in [1.82, 2.24) is 9.97 Å². The standard InChI is InChI=1S/C19H21BrN5O2/c20-15-10-21-17(23-16(15)13-4-2-1-3-5-13)24-18-22-11-19(27-18)12-25(26)8-6-14(19)7-9-25/h1-5,10,14,26H,6-9,11-12H2,(H,21,22,23,24)/q+1/t14?,19-,25?/m0/s1. The first-order valence-corrected chi connectivity index (χ1v) is 10.0. The minimum atomic E-state index is -0.398. The summed E-state index contributed by atoms with van der Waals surface area (Å²) in [6, 6.07) is 10.4. The molecule has 0 unspecified atom stereocenters. The fourth-order valence-corrected chi connectivity index (χ4v) is 4.92. The molecule has 4 aliphatic rings. The quantitative estimate of drug-likeness (QED) is 0.715. The van der Waals surface area contributed by atoms with Gasteiger partial charge in [0.25, 0.3) is 6.02 Å². The second-order valence-corrected chi connectivity index (χ2v) is 8.50. The number of aromatic nitrogens is 2. The fraction of sp³-hybridized carbons (Fsp3) is 0.421. The van der Waals surface area contributed by atoms with Crippen LogP contribution in [0.4, 0.5) is 5.95 Å². The van der Waals surface area contributed by atoms with Crippen molar-refractivity contribution in [2.75, 3.05) is 31.5 Å². The number of hydrogen-bond donors (Lipinski definition) is 2. The Morgan fingerprint density at radius 1 is 1.22 bits per heavy atom. The highest BCUT2D eigenvalue weighted by Gasteiger charge is 2.59. The smallest absolute Gasteiger partial charge is 0.292 e. The highest BCUT2D eigenvalue weighted by molar-refractivity contribution is 9.10. The summed E-state index contributed by atoms with van der Waals surface area (Å²) in [5.41, 5.74) is 1.42. The lowest BCUT2D eigenvalue weighted by Gasteiger charge is -2.51. The predicted molar refractivity (Wildman–Crippen MR) is 104 cm³/mol. The molecule has 2 bridgehead atoms. The van der Waals surface area contributed by atoms with Gasteiger partial charge in [-0.25, -0.2) is 20.2 Å². The fourth-order valence-electron chi connectivity index (χ4n) is 4.50. The SMILES string of the molecule is O[N+]12CCC(CC1)[C@]1(CN=C(Nc3ncc(Br)c(-c4ccccc4)n3)O1)C2. The minimum absolute atomic E-state index is 0.103. The van der Waals surface area contributed by atoms with Crippen LogP contribution in [0.3, 0.4) is 0 Å². The monoisotopic (exact) mass is 430 g/mol. The van der Waals surface area contributed by atoms with Crippen LogP contribution in [0.1, 0.15) is 12.8 Å². The lowest BCUT2D eigenvalue weighted by atomic mass is 9.75. The van der Waals surface area contributed by atoms with E-state index in [4.69, 9.17) is 4.74 Å². The summed E-state index contributed by atoms with van der Waals surface area (Å²) in [5.74, 6) is 0.889. The van der Waals surface area contributed by atoms with E-state index in [1.807, 2.05) is 30.3 Å². The maximum absolute atomic E-state index is 10.7. The number of ether oxygens (including phenoxy) is 1. The molecular formula is C19H21BrN5O2+. The molecular weight excluding hydrogens is 410 g/mol. The van der Waals surface area contributed by atoms with Gasteiger partial charge in [0, 0.05) is 30.5 Å². The second kappa shape index (κ2) is 6.25. The van der Waals surface area contributed by atoms with Gasteiger partial charge in [-0.05, 0) is 15.9 Å². The Bertz CT molecular complexity index is 898. The molecule has 1 spiro atoms. The average Bonchev–Trinajstić information content (AvgIpc) is 3.06. The number of amidine groups is 1. The van der Waals surface area contributed by atoms with Crippen LogP contribution in [0, 0.1) is 5.92 Å². The van der Waals surface area contributed by atoms with Gasteiger partial charge in [0.1, 0.15) is 13.1 Å². The van der Waals surface area contributed by atoms with E-state index in [9.17, 15) is 5.21 Å². The number of nitrogens with one attached hydrogen (secondary N) is 1. The molecule has 6 rings (SSSR count). The lowest BCUT2D eigenvalue weighted by molar-refractivity contribution is -1.12. The van der Waals surface area contributed by atoms with E-state index < -0.39 is 5.60 Å². The normalized spacial score (nSPS) is 31.6. The van der Waals surface area contributed by atoms with Crippen LogP contribution in [-0.2, 0) is 4.74 Å². The van der Waals surface area contributed by atoms with Crippen molar-refractivity contribution in [3.8, 4) is 11.3 Å². The number of quaternary nitrogens is 1. The first-order chi connectivity index (χ1) is 13.1. The molecule has 0 saturated carbocycles. The Morgan fingerprint density at radius 3 is 2.74 bits per heavy atom. The van der Waals surface area contributed by atoms with Crippen molar-refractivity contribution in [2.45, 2.75) is 18.4 Å². The van der Waals surface area contributed by atoms with Gasteiger partial charge in [-0.3, -0.25) is 5.32 Å². The first-order valence-electron chi connectivity index (χ1n) is 9.23. The summed E-state index contributed by atoms with van der Waals surface area (Å²) >= 11 is 3.52. The molecule has 3 fully saturated rings. The molecule has 0 amide bonds. The molecule has 0 aliphatic carbocycles. The third kappa shape index (κ3) is 3.01. The summed E-state index contributed by atoms with van der Waals surface area (Å²) in [5, 5.41) is 13.8. The van der Waals surface area contributed by atoms with E-state index in [1.165, 1.54) is 0 Å². The van der Waals surface area contributed by atoms with E-state index in [0.29, 0.717) is 31.0 Å². The number of anilines is 1. The van der Waals surface area contributed by atoms with Crippen LogP contribution >= 0.6 is 15.9 Å². The number of fused-ring (bicyclic) bond motifs is 2. The zero-order valence-electron chi connectivity index (χ0n) is 14.8. The summed E-state index contributed by atoms with van der Waals surface area (Å²) < 4.78 is 7.17. The van der Waals surface area contributed by atoms with Gasteiger partial charge in [0.15, 0.2) is 12.1 Å². The van der Waals surface area contributed by atoms with Gasteiger partial charge in [-0.1, -0.05) is 30.3 Å². The third-order valence-corrected chi connectivity index (χ3v) is 6.47. The molecule has 1 aromatic heterocycles. The van der Waals surface area contributed by atoms with Crippen molar-refractivity contribution in [2.24, 2.45) is 10.9 Å². The Labute approximate surface area is 165 Å². The van der Waals surface area contributed by atoms with Gasteiger partial charge in [0.2, 0.25) is 5.95 Å². The van der Waals surface area contributed by atoms with Crippen LogP contribution in [0.2, 0.25) is 0 Å². The third-order valence-electron chi connectivity index (χ3n) is 5.89. The van der Waals surface area contributed by atoms with E-state index in [0.717, 1.165) is 41.7 Å². The van der Waals surface area contributed by atoms with Crippen LogP contribution in [0.25, 0.3) is 11.3 Å². The number of halogens is 1. The predicted octanol–water partition coefficient (Wildman–Crippen LogP) is 3.07. The summed E-state index contributed by atoms with van der Waals surface area (Å²) in [6.07, 6.45) is 3.68. The molecule has 2 aromatic rings. The second-order valence-electron chi connectivity index (χ2n) is 7.64. The van der Waals surface area contributed by atoms with Gasteiger partial charge in [-0.15, -0.1) is 0 Å². The number of piperidine rings is 3. The van der Waals surface area contributed by atoms with Gasteiger partial charge < -0.3 is 4.74 Å². The molecule has 27 heavy (non-hydrogen) atoms. The highest BCUT2D eigenvalue weighted by Crippen LogP contribution is 2.43. The summed E-state index contributed by atoms with van der Waals surface area (Å²) in [4.78, 5) is 13.5. The Balaban J connectivity index is 1.35. The molecule has 0 radical (unpaired) electrons. The molecule has 140 valence electrons. The van der Waals surface area contributed by atoms with Crippen molar-refractivity contribution in [3.05, 3.63) is 41.0 Å². The Kier molecular flexibility index (Phi) is 3.96. The van der Waals surface area contributed by atoms with Gasteiger partial charge >= 0.3 is 0 Å². The summed E-state index contributed by atoms with van der Waals surface area (Å²) in [7, 11) is 0. The average molecular weight is 431 g/mol. The zero-order valence-corrected chi connectivity index (χ0v) is 16.4. The molecule has 1 aromatic carbocycles. The summed E-state index contributed by atoms with van der Waals surface area (Å²) in [6.45, 7) is 2.80. The van der Waals surface area contributed by atoms with E-state index in [1.54, 1.807) is 6.20 Å². The van der Waals surface area contributed by atoms with Crippen LogP contribution in [0.5, 0.6) is 0 Å². The van der Waals surface area contributed by atoms with E-state index in [2.05, 4.69) is 36.2 Å². The van der Waals surface area contributed by atoms with E-state index >= 15 is 0 Å². The van der Waals surface area contributed by atoms with Gasteiger partial charge in [0.05, 0.1) is 16.7 Å². The van der Waals surface area contributed by atoms with Crippen molar-refractivity contribution in [1.29, 1.82) is 0 Å². The molecule has 3 saturated heterocycles. The maximum atomic E-state index is 10.7. The molecule has 5 heterocycles. The number of aliphatic imine (C=N–C) groups is 1. The first kappa shape index (κ1) is 17.1. The number of hydrogen-bond acceptors (Lipinski definition) is 6. The Hall–Kier alpha value is -2.03. The van der Waals surface area contributed by atoms with Crippen molar-refractivity contribution in [3.63, 3.8) is 0 Å². The maximum Gasteiger partial charge on any atom is 0.292 e. The van der Waals surface area contributed by atoms with Crippen molar-refractivity contribution < 1.29 is 14.6 Å². The molecule has 7 nitrogen and oxygen atoms in total. The molecule has 2 N–H and O–H groups in total. The minimum Gasteiger partial charge on any atom is -0.450 e. The number of rotatable bonds is 2. The molecule has 8 heteroatoms. The molecule has 4 aliphatic heterocycles.